The first-order valence-corrected chi connectivity index (χ1v) is 10.6. The first-order valence-electron chi connectivity index (χ1n) is 10.6. The van der Waals surface area contributed by atoms with Gasteiger partial charge in [0.15, 0.2) is 0 Å². The number of fused-ring (bicyclic) bond motifs is 1. The minimum atomic E-state index is -0.399. The second kappa shape index (κ2) is 9.17. The molecule has 2 heterocycles. The van der Waals surface area contributed by atoms with Gasteiger partial charge in [0.05, 0.1) is 28.6 Å². The van der Waals surface area contributed by atoms with Gasteiger partial charge in [-0.05, 0) is 37.5 Å². The Morgan fingerprint density at radius 2 is 1.59 bits per heavy atom. The van der Waals surface area contributed by atoms with Gasteiger partial charge in [0.2, 0.25) is 0 Å². The molecule has 0 radical (unpaired) electrons. The molecular formula is C23H23N3O6. The maximum Gasteiger partial charge on any atom is 0.309 e. The molecule has 2 aliphatic rings. The summed E-state index contributed by atoms with van der Waals surface area (Å²) < 4.78 is 5.38. The summed E-state index contributed by atoms with van der Waals surface area (Å²) in [6, 6.07) is 13.3. The topological polar surface area (TPSA) is 110 Å². The van der Waals surface area contributed by atoms with Crippen LogP contribution in [0.15, 0.2) is 48.5 Å². The summed E-state index contributed by atoms with van der Waals surface area (Å²) in [5, 5.41) is 11.2. The Balaban J connectivity index is 1.22. The lowest BCUT2D eigenvalue weighted by atomic mass is 9.96. The zero-order chi connectivity index (χ0) is 22.7. The van der Waals surface area contributed by atoms with E-state index in [1.165, 1.54) is 11.0 Å². The Morgan fingerprint density at radius 3 is 2.22 bits per heavy atom. The van der Waals surface area contributed by atoms with Crippen LogP contribution in [-0.2, 0) is 9.53 Å². The molecule has 2 aromatic rings. The molecule has 0 spiro atoms. The number of hydrogen-bond acceptors (Lipinski definition) is 7. The molecule has 0 aliphatic carbocycles. The highest BCUT2D eigenvalue weighted by Crippen LogP contribution is 2.31. The van der Waals surface area contributed by atoms with Crippen LogP contribution < -0.4 is 4.90 Å². The van der Waals surface area contributed by atoms with E-state index in [-0.39, 0.29) is 42.5 Å². The van der Waals surface area contributed by atoms with Crippen LogP contribution in [0.2, 0.25) is 0 Å². The lowest BCUT2D eigenvalue weighted by Gasteiger charge is -2.32. The molecule has 0 bridgehead atoms. The van der Waals surface area contributed by atoms with Gasteiger partial charge in [-0.3, -0.25) is 29.4 Å². The first kappa shape index (κ1) is 21.5. The van der Waals surface area contributed by atoms with Crippen molar-refractivity contribution in [1.29, 1.82) is 0 Å². The predicted molar refractivity (Wildman–Crippen MR) is 115 cm³/mol. The van der Waals surface area contributed by atoms with E-state index in [9.17, 15) is 24.5 Å². The van der Waals surface area contributed by atoms with Crippen molar-refractivity contribution in [3.63, 3.8) is 0 Å². The fourth-order valence-electron chi connectivity index (χ4n) is 4.20. The fourth-order valence-corrected chi connectivity index (χ4v) is 4.20. The number of carbonyl (C=O) groups excluding carboxylic acids is 3. The van der Waals surface area contributed by atoms with E-state index in [2.05, 4.69) is 0 Å². The summed E-state index contributed by atoms with van der Waals surface area (Å²) in [4.78, 5) is 51.1. The molecule has 166 valence electrons. The number of benzene rings is 2. The predicted octanol–water partition coefficient (Wildman–Crippen LogP) is 3.04. The molecule has 1 fully saturated rings. The standard InChI is InChI=1S/C23H23N3O6/c27-21-17-6-1-2-7-18(17)22(28)25(21)12-5-15-32-23(29)16-10-13-24(14-11-16)19-8-3-4-9-20(19)26(30)31/h1-4,6-9,16H,5,10-15H2. The largest absolute Gasteiger partial charge is 0.465 e. The average Bonchev–Trinajstić information content (AvgIpc) is 3.06. The number of ether oxygens (including phenoxy) is 1. The average molecular weight is 437 g/mol. The zero-order valence-electron chi connectivity index (χ0n) is 17.4. The maximum atomic E-state index is 12.4. The number of nitro groups is 1. The van der Waals surface area contributed by atoms with Gasteiger partial charge >= 0.3 is 5.97 Å². The van der Waals surface area contributed by atoms with E-state index in [4.69, 9.17) is 4.74 Å². The second-order valence-corrected chi connectivity index (χ2v) is 7.84. The van der Waals surface area contributed by atoms with Gasteiger partial charge in [-0.2, -0.15) is 0 Å². The molecule has 0 atom stereocenters. The Kier molecular flexibility index (Phi) is 6.16. The number of nitro benzene ring substituents is 1. The number of imide groups is 1. The van der Waals surface area contributed by atoms with Gasteiger partial charge in [-0.25, -0.2) is 0 Å². The van der Waals surface area contributed by atoms with Crippen LogP contribution in [0.25, 0.3) is 0 Å². The monoisotopic (exact) mass is 437 g/mol. The van der Waals surface area contributed by atoms with Crippen molar-refractivity contribution >= 4 is 29.2 Å². The molecule has 32 heavy (non-hydrogen) atoms. The molecule has 2 amide bonds. The molecular weight excluding hydrogens is 414 g/mol. The lowest BCUT2D eigenvalue weighted by Crippen LogP contribution is -2.37. The minimum absolute atomic E-state index is 0.0571. The van der Waals surface area contributed by atoms with Gasteiger partial charge in [0, 0.05) is 25.7 Å². The van der Waals surface area contributed by atoms with Crippen molar-refractivity contribution in [2.45, 2.75) is 19.3 Å². The molecule has 2 aromatic carbocycles. The number of anilines is 1. The van der Waals surface area contributed by atoms with Crippen LogP contribution in [0, 0.1) is 16.0 Å². The van der Waals surface area contributed by atoms with E-state index in [1.54, 1.807) is 42.5 Å². The van der Waals surface area contributed by atoms with E-state index < -0.39 is 4.92 Å². The quantitative estimate of drug-likeness (QED) is 0.215. The van der Waals surface area contributed by atoms with Crippen molar-refractivity contribution in [3.8, 4) is 0 Å². The number of nitrogens with zero attached hydrogens (tertiary/aromatic N) is 3. The second-order valence-electron chi connectivity index (χ2n) is 7.84. The van der Waals surface area contributed by atoms with Gasteiger partial charge in [0.25, 0.3) is 17.5 Å². The molecule has 0 aromatic heterocycles. The lowest BCUT2D eigenvalue weighted by molar-refractivity contribution is -0.384. The van der Waals surface area contributed by atoms with Crippen molar-refractivity contribution in [2.24, 2.45) is 5.92 Å². The van der Waals surface area contributed by atoms with Gasteiger partial charge < -0.3 is 9.64 Å². The SMILES string of the molecule is O=C(OCCCN1C(=O)c2ccccc2C1=O)C1CCN(c2ccccc2[N+](=O)[O-])CC1. The number of carbonyl (C=O) groups is 3. The van der Waals surface area contributed by atoms with Gasteiger partial charge in [0.1, 0.15) is 5.69 Å². The molecule has 0 N–H and O–H groups in total. The van der Waals surface area contributed by atoms with Crippen LogP contribution in [0.1, 0.15) is 40.0 Å². The van der Waals surface area contributed by atoms with Crippen LogP contribution in [0.5, 0.6) is 0 Å². The van der Waals surface area contributed by atoms with Crippen molar-refractivity contribution < 1.29 is 24.0 Å². The Hall–Kier alpha value is -3.75. The number of para-hydroxylation sites is 2. The molecule has 9 heteroatoms. The number of esters is 1. The fraction of sp³-hybridized carbons (Fsp3) is 0.348. The van der Waals surface area contributed by atoms with Crippen molar-refractivity contribution in [3.05, 3.63) is 69.8 Å². The van der Waals surface area contributed by atoms with Crippen LogP contribution in [0.4, 0.5) is 11.4 Å². The van der Waals surface area contributed by atoms with Crippen molar-refractivity contribution in [1.82, 2.24) is 4.90 Å². The Labute approximate surface area is 184 Å². The summed E-state index contributed by atoms with van der Waals surface area (Å²) in [6.07, 6.45) is 1.46. The number of hydrogen-bond donors (Lipinski definition) is 0. The zero-order valence-corrected chi connectivity index (χ0v) is 17.4. The smallest absolute Gasteiger partial charge is 0.309 e. The van der Waals surface area contributed by atoms with E-state index in [1.807, 2.05) is 4.90 Å². The third-order valence-electron chi connectivity index (χ3n) is 5.90. The third-order valence-corrected chi connectivity index (χ3v) is 5.90. The van der Waals surface area contributed by atoms with Gasteiger partial charge in [-0.15, -0.1) is 0 Å². The number of amides is 2. The maximum absolute atomic E-state index is 12.4. The van der Waals surface area contributed by atoms with Crippen molar-refractivity contribution in [2.75, 3.05) is 31.1 Å². The summed E-state index contributed by atoms with van der Waals surface area (Å²) in [5.41, 5.74) is 1.42. The summed E-state index contributed by atoms with van der Waals surface area (Å²) >= 11 is 0. The molecule has 4 rings (SSSR count). The summed E-state index contributed by atoms with van der Waals surface area (Å²) in [5.74, 6) is -1.22. The highest BCUT2D eigenvalue weighted by molar-refractivity contribution is 6.21. The van der Waals surface area contributed by atoms with Crippen LogP contribution in [0.3, 0.4) is 0 Å². The van der Waals surface area contributed by atoms with Crippen LogP contribution in [-0.4, -0.2) is 53.8 Å². The first-order chi connectivity index (χ1) is 15.5. The Morgan fingerprint density at radius 1 is 1.00 bits per heavy atom. The van der Waals surface area contributed by atoms with Crippen LogP contribution >= 0.6 is 0 Å². The number of rotatable bonds is 7. The van der Waals surface area contributed by atoms with E-state index in [0.717, 1.165) is 0 Å². The normalized spacial score (nSPS) is 16.2. The molecule has 0 saturated carbocycles. The molecule has 9 nitrogen and oxygen atoms in total. The highest BCUT2D eigenvalue weighted by Gasteiger charge is 2.34. The summed E-state index contributed by atoms with van der Waals surface area (Å²) in [6.45, 7) is 1.37. The molecule has 1 saturated heterocycles. The molecule has 2 aliphatic heterocycles. The Bertz CT molecular complexity index is 1030. The summed E-state index contributed by atoms with van der Waals surface area (Å²) in [7, 11) is 0. The van der Waals surface area contributed by atoms with E-state index >= 15 is 0 Å². The highest BCUT2D eigenvalue weighted by atomic mass is 16.6. The molecule has 0 unspecified atom stereocenters. The third kappa shape index (κ3) is 4.18. The van der Waals surface area contributed by atoms with Gasteiger partial charge in [-0.1, -0.05) is 24.3 Å². The minimum Gasteiger partial charge on any atom is -0.465 e. The van der Waals surface area contributed by atoms with E-state index in [0.29, 0.717) is 49.2 Å². The number of piperidine rings is 1.